The van der Waals surface area contributed by atoms with Gasteiger partial charge in [-0.3, -0.25) is 4.79 Å². The molecule has 0 aliphatic rings. The first-order chi connectivity index (χ1) is 6.86. The number of benzene rings is 1. The number of rotatable bonds is 2. The van der Waals surface area contributed by atoms with Crippen LogP contribution in [0, 0.1) is 4.91 Å². The minimum atomic E-state index is -4.74. The molecule has 15 heavy (non-hydrogen) atoms. The number of alkyl halides is 3. The molecule has 0 atom stereocenters. The summed E-state index contributed by atoms with van der Waals surface area (Å²) in [5.74, 6) is -1.21. The van der Waals surface area contributed by atoms with Gasteiger partial charge in [0.1, 0.15) is 5.69 Å². The molecule has 0 aliphatic carbocycles. The lowest BCUT2D eigenvalue weighted by Gasteiger charge is -2.10. The largest absolute Gasteiger partial charge is 0.417 e. The predicted octanol–water partition coefficient (Wildman–Crippen LogP) is 2.20. The van der Waals surface area contributed by atoms with Crippen molar-refractivity contribution in [3.8, 4) is 0 Å². The Bertz CT molecular complexity index is 415. The fourth-order valence-electron chi connectivity index (χ4n) is 1.04. The zero-order valence-electron chi connectivity index (χ0n) is 7.21. The molecule has 0 fully saturated rings. The summed E-state index contributed by atoms with van der Waals surface area (Å²) in [4.78, 5) is 20.7. The quantitative estimate of drug-likeness (QED) is 0.772. The van der Waals surface area contributed by atoms with Gasteiger partial charge in [0.25, 0.3) is 0 Å². The van der Waals surface area contributed by atoms with E-state index in [4.69, 9.17) is 5.73 Å². The fraction of sp³-hybridized carbons (Fsp3) is 0.125. The number of nitrogens with two attached hydrogens (primary N) is 1. The third kappa shape index (κ3) is 2.30. The number of nitrogens with zero attached hydrogens (tertiary/aromatic N) is 1. The Balaban J connectivity index is 3.42. The number of primary amides is 1. The Kier molecular flexibility index (Phi) is 2.74. The molecule has 1 aromatic rings. The molecule has 0 bridgehead atoms. The molecule has 0 unspecified atom stereocenters. The second kappa shape index (κ2) is 3.68. The summed E-state index contributed by atoms with van der Waals surface area (Å²) in [6, 6.07) is 2.29. The van der Waals surface area contributed by atoms with Gasteiger partial charge in [0, 0.05) is 0 Å². The van der Waals surface area contributed by atoms with Crippen molar-refractivity contribution in [3.05, 3.63) is 34.2 Å². The third-order valence-corrected chi connectivity index (χ3v) is 1.68. The maximum Gasteiger partial charge on any atom is 0.417 e. The highest BCUT2D eigenvalue weighted by molar-refractivity contribution is 5.94. The third-order valence-electron chi connectivity index (χ3n) is 1.68. The zero-order valence-corrected chi connectivity index (χ0v) is 7.21. The van der Waals surface area contributed by atoms with Crippen molar-refractivity contribution >= 4 is 11.6 Å². The molecule has 0 saturated carbocycles. The SMILES string of the molecule is NC(=O)c1ccc(N=O)cc1C(F)(F)F. The second-order valence-corrected chi connectivity index (χ2v) is 2.68. The molecule has 7 heteroatoms. The Hall–Kier alpha value is -1.92. The van der Waals surface area contributed by atoms with Gasteiger partial charge >= 0.3 is 6.18 Å². The van der Waals surface area contributed by atoms with E-state index in [1.165, 1.54) is 0 Å². The van der Waals surface area contributed by atoms with Crippen molar-refractivity contribution in [1.29, 1.82) is 0 Å². The molecule has 0 spiro atoms. The van der Waals surface area contributed by atoms with Gasteiger partial charge in [-0.25, -0.2) is 0 Å². The monoisotopic (exact) mass is 218 g/mol. The van der Waals surface area contributed by atoms with Crippen molar-refractivity contribution in [2.75, 3.05) is 0 Å². The number of halogens is 3. The maximum absolute atomic E-state index is 12.4. The van der Waals surface area contributed by atoms with E-state index in [1.54, 1.807) is 0 Å². The molecule has 2 N–H and O–H groups in total. The fourth-order valence-corrected chi connectivity index (χ4v) is 1.04. The molecule has 0 heterocycles. The number of hydrogen-bond acceptors (Lipinski definition) is 3. The number of nitroso groups, excluding NO2 is 1. The lowest BCUT2D eigenvalue weighted by molar-refractivity contribution is -0.137. The lowest BCUT2D eigenvalue weighted by atomic mass is 10.1. The van der Waals surface area contributed by atoms with Crippen LogP contribution in [-0.2, 0) is 6.18 Å². The van der Waals surface area contributed by atoms with Crippen molar-refractivity contribution < 1.29 is 18.0 Å². The number of amides is 1. The molecular formula is C8H5F3N2O2. The average molecular weight is 218 g/mol. The molecular weight excluding hydrogens is 213 g/mol. The van der Waals surface area contributed by atoms with Gasteiger partial charge in [-0.1, -0.05) is 0 Å². The van der Waals surface area contributed by atoms with Crippen LogP contribution in [0.25, 0.3) is 0 Å². The summed E-state index contributed by atoms with van der Waals surface area (Å²) < 4.78 is 37.1. The number of carbonyl (C=O) groups excluding carboxylic acids is 1. The summed E-state index contributed by atoms with van der Waals surface area (Å²) >= 11 is 0. The van der Waals surface area contributed by atoms with Crippen LogP contribution >= 0.6 is 0 Å². The van der Waals surface area contributed by atoms with Crippen molar-refractivity contribution in [2.45, 2.75) is 6.18 Å². The van der Waals surface area contributed by atoms with E-state index in [1.807, 2.05) is 0 Å². The van der Waals surface area contributed by atoms with Crippen LogP contribution < -0.4 is 5.73 Å². The minimum absolute atomic E-state index is 0.410. The first-order valence-electron chi connectivity index (χ1n) is 3.70. The van der Waals surface area contributed by atoms with Crippen LogP contribution in [0.1, 0.15) is 15.9 Å². The van der Waals surface area contributed by atoms with E-state index < -0.39 is 28.9 Å². The first-order valence-corrected chi connectivity index (χ1v) is 3.70. The summed E-state index contributed by atoms with van der Waals surface area (Å²) in [5.41, 5.74) is 2.40. The second-order valence-electron chi connectivity index (χ2n) is 2.68. The summed E-state index contributed by atoms with van der Waals surface area (Å²) in [6.07, 6.45) is -4.74. The molecule has 0 aromatic heterocycles. The van der Waals surface area contributed by atoms with E-state index in [-0.39, 0.29) is 0 Å². The van der Waals surface area contributed by atoms with Crippen LogP contribution in [0.3, 0.4) is 0 Å². The molecule has 0 radical (unpaired) electrons. The highest BCUT2D eigenvalue weighted by atomic mass is 19.4. The number of carbonyl (C=O) groups is 1. The van der Waals surface area contributed by atoms with E-state index in [9.17, 15) is 22.9 Å². The van der Waals surface area contributed by atoms with Crippen molar-refractivity contribution in [2.24, 2.45) is 10.9 Å². The molecule has 1 aromatic carbocycles. The van der Waals surface area contributed by atoms with Crippen LogP contribution in [0.15, 0.2) is 23.4 Å². The minimum Gasteiger partial charge on any atom is -0.366 e. The van der Waals surface area contributed by atoms with Gasteiger partial charge in [-0.15, -0.1) is 4.91 Å². The molecule has 0 saturated heterocycles. The Morgan fingerprint density at radius 1 is 1.33 bits per heavy atom. The Morgan fingerprint density at radius 3 is 2.33 bits per heavy atom. The molecule has 0 aliphatic heterocycles. The topological polar surface area (TPSA) is 72.5 Å². The van der Waals surface area contributed by atoms with E-state index in [2.05, 4.69) is 5.18 Å². The normalized spacial score (nSPS) is 11.1. The molecule has 4 nitrogen and oxygen atoms in total. The standard InChI is InChI=1S/C8H5F3N2O2/c9-8(10,11)6-3-4(13-15)1-2-5(6)7(12)14/h1-3H,(H2,12,14). The highest BCUT2D eigenvalue weighted by Gasteiger charge is 2.35. The smallest absolute Gasteiger partial charge is 0.366 e. The lowest BCUT2D eigenvalue weighted by Crippen LogP contribution is -2.18. The van der Waals surface area contributed by atoms with Crippen LogP contribution in [-0.4, -0.2) is 5.91 Å². The van der Waals surface area contributed by atoms with Crippen LogP contribution in [0.4, 0.5) is 18.9 Å². The Morgan fingerprint density at radius 2 is 1.93 bits per heavy atom. The van der Waals surface area contributed by atoms with Gasteiger partial charge in [-0.2, -0.15) is 13.2 Å². The Labute approximate surface area is 81.9 Å². The van der Waals surface area contributed by atoms with E-state index in [0.29, 0.717) is 6.07 Å². The first kappa shape index (κ1) is 11.2. The van der Waals surface area contributed by atoms with E-state index >= 15 is 0 Å². The van der Waals surface area contributed by atoms with Gasteiger partial charge in [0.15, 0.2) is 0 Å². The molecule has 1 amide bonds. The van der Waals surface area contributed by atoms with Gasteiger partial charge < -0.3 is 5.73 Å². The van der Waals surface area contributed by atoms with Gasteiger partial charge in [-0.05, 0) is 23.4 Å². The summed E-state index contributed by atoms with van der Waals surface area (Å²) in [5, 5.41) is 2.34. The van der Waals surface area contributed by atoms with Crippen LogP contribution in [0.5, 0.6) is 0 Å². The van der Waals surface area contributed by atoms with Gasteiger partial charge in [0.2, 0.25) is 5.91 Å². The van der Waals surface area contributed by atoms with Gasteiger partial charge in [0.05, 0.1) is 11.1 Å². The molecule has 80 valence electrons. The highest BCUT2D eigenvalue weighted by Crippen LogP contribution is 2.34. The van der Waals surface area contributed by atoms with E-state index in [0.717, 1.165) is 12.1 Å². The molecule has 1 rings (SSSR count). The van der Waals surface area contributed by atoms with Crippen molar-refractivity contribution in [3.63, 3.8) is 0 Å². The van der Waals surface area contributed by atoms with Crippen LogP contribution in [0.2, 0.25) is 0 Å². The summed E-state index contributed by atoms with van der Waals surface area (Å²) in [7, 11) is 0. The predicted molar refractivity (Wildman–Crippen MR) is 45.4 cm³/mol. The summed E-state index contributed by atoms with van der Waals surface area (Å²) in [6.45, 7) is 0. The van der Waals surface area contributed by atoms with Crippen molar-refractivity contribution in [1.82, 2.24) is 0 Å². The zero-order chi connectivity index (χ0) is 11.6. The maximum atomic E-state index is 12.4. The average Bonchev–Trinajstić information content (AvgIpc) is 2.15. The number of hydrogen-bond donors (Lipinski definition) is 1.